The van der Waals surface area contributed by atoms with E-state index in [-0.39, 0.29) is 6.61 Å². The van der Waals surface area contributed by atoms with Crippen molar-refractivity contribution in [2.24, 2.45) is 5.92 Å². The molecule has 2 rings (SSSR count). The summed E-state index contributed by atoms with van der Waals surface area (Å²) in [6.45, 7) is 5.15. The summed E-state index contributed by atoms with van der Waals surface area (Å²) in [5, 5.41) is 8.63. The maximum atomic E-state index is 8.63. The van der Waals surface area contributed by atoms with Crippen LogP contribution in [-0.2, 0) is 4.74 Å². The van der Waals surface area contributed by atoms with Crippen molar-refractivity contribution in [2.45, 2.75) is 12.8 Å². The average Bonchev–Trinajstić information content (AvgIpc) is 2.52. The van der Waals surface area contributed by atoms with Crippen molar-refractivity contribution in [1.29, 1.82) is 0 Å². The average molecular weight is 280 g/mol. The number of likely N-dealkylation sites (tertiary alicyclic amines) is 1. The van der Waals surface area contributed by atoms with Gasteiger partial charge in [-0.3, -0.25) is 0 Å². The largest absolute Gasteiger partial charge is 0.477 e. The Morgan fingerprint density at radius 2 is 2.10 bits per heavy atom. The first-order valence-corrected chi connectivity index (χ1v) is 7.33. The van der Waals surface area contributed by atoms with E-state index in [0.717, 1.165) is 39.1 Å². The summed E-state index contributed by atoms with van der Waals surface area (Å²) in [6.07, 6.45) is 4.07. The van der Waals surface area contributed by atoms with E-state index in [0.29, 0.717) is 25.0 Å². The van der Waals surface area contributed by atoms with Gasteiger partial charge in [0.2, 0.25) is 5.88 Å². The van der Waals surface area contributed by atoms with Gasteiger partial charge >= 0.3 is 0 Å². The van der Waals surface area contributed by atoms with Crippen LogP contribution in [0.5, 0.6) is 5.88 Å². The summed E-state index contributed by atoms with van der Waals surface area (Å²) in [7, 11) is 0. The molecule has 1 fully saturated rings. The Labute approximate surface area is 120 Å². The van der Waals surface area contributed by atoms with Gasteiger partial charge < -0.3 is 19.5 Å². The highest BCUT2D eigenvalue weighted by Gasteiger charge is 2.19. The molecule has 1 aromatic rings. The van der Waals surface area contributed by atoms with Crippen molar-refractivity contribution in [3.05, 3.63) is 24.4 Å². The number of ether oxygens (including phenoxy) is 2. The molecule has 0 radical (unpaired) electrons. The van der Waals surface area contributed by atoms with E-state index in [2.05, 4.69) is 9.88 Å². The maximum Gasteiger partial charge on any atom is 0.213 e. The molecule has 2 heterocycles. The Morgan fingerprint density at radius 1 is 1.25 bits per heavy atom. The second kappa shape index (κ2) is 8.89. The lowest BCUT2D eigenvalue weighted by atomic mass is 9.98. The topological polar surface area (TPSA) is 54.8 Å². The molecule has 5 nitrogen and oxygen atoms in total. The molecule has 0 saturated carbocycles. The Balaban J connectivity index is 1.57. The van der Waals surface area contributed by atoms with Gasteiger partial charge in [-0.2, -0.15) is 0 Å². The Morgan fingerprint density at radius 3 is 2.80 bits per heavy atom. The second-order valence-corrected chi connectivity index (χ2v) is 5.10. The minimum Gasteiger partial charge on any atom is -0.477 e. The van der Waals surface area contributed by atoms with Gasteiger partial charge in [0, 0.05) is 18.8 Å². The summed E-state index contributed by atoms with van der Waals surface area (Å²) in [4.78, 5) is 6.58. The van der Waals surface area contributed by atoms with E-state index in [1.807, 2.05) is 18.2 Å². The van der Waals surface area contributed by atoms with Crippen molar-refractivity contribution < 1.29 is 14.6 Å². The lowest BCUT2D eigenvalue weighted by Gasteiger charge is -2.31. The van der Waals surface area contributed by atoms with Crippen LogP contribution in [0, 0.1) is 5.92 Å². The predicted molar refractivity (Wildman–Crippen MR) is 76.8 cm³/mol. The number of hydrogen-bond donors (Lipinski definition) is 1. The van der Waals surface area contributed by atoms with E-state index in [1.165, 1.54) is 0 Å². The number of hydrogen-bond acceptors (Lipinski definition) is 5. The highest BCUT2D eigenvalue weighted by atomic mass is 16.5. The Kier molecular flexibility index (Phi) is 6.77. The van der Waals surface area contributed by atoms with Crippen LogP contribution < -0.4 is 4.74 Å². The van der Waals surface area contributed by atoms with Gasteiger partial charge in [0.15, 0.2) is 0 Å². The van der Waals surface area contributed by atoms with Gasteiger partial charge in [0.25, 0.3) is 0 Å². The summed E-state index contributed by atoms with van der Waals surface area (Å²) in [5.74, 6) is 1.33. The SMILES string of the molecule is OCCOCCN1CCC(COc2ccccn2)CC1. The van der Waals surface area contributed by atoms with Gasteiger partial charge in [0.05, 0.1) is 26.4 Å². The van der Waals surface area contributed by atoms with Gasteiger partial charge in [0.1, 0.15) is 0 Å². The summed E-state index contributed by atoms with van der Waals surface area (Å²) >= 11 is 0. The molecule has 0 aliphatic carbocycles. The minimum absolute atomic E-state index is 0.104. The van der Waals surface area contributed by atoms with Crippen molar-refractivity contribution in [3.63, 3.8) is 0 Å². The highest BCUT2D eigenvalue weighted by Crippen LogP contribution is 2.18. The van der Waals surface area contributed by atoms with Gasteiger partial charge in [-0.15, -0.1) is 0 Å². The fourth-order valence-corrected chi connectivity index (χ4v) is 2.37. The fourth-order valence-electron chi connectivity index (χ4n) is 2.37. The molecule has 1 aliphatic rings. The van der Waals surface area contributed by atoms with Crippen LogP contribution in [0.1, 0.15) is 12.8 Å². The molecular weight excluding hydrogens is 256 g/mol. The first-order chi connectivity index (χ1) is 9.88. The molecule has 20 heavy (non-hydrogen) atoms. The molecule has 0 bridgehead atoms. The summed E-state index contributed by atoms with van der Waals surface area (Å²) < 4.78 is 11.0. The molecule has 0 amide bonds. The monoisotopic (exact) mass is 280 g/mol. The zero-order valence-corrected chi connectivity index (χ0v) is 11.9. The van der Waals surface area contributed by atoms with Crippen molar-refractivity contribution in [1.82, 2.24) is 9.88 Å². The van der Waals surface area contributed by atoms with Crippen molar-refractivity contribution in [3.8, 4) is 5.88 Å². The fraction of sp³-hybridized carbons (Fsp3) is 0.667. The van der Waals surface area contributed by atoms with Crippen LogP contribution in [0.4, 0.5) is 0 Å². The molecule has 112 valence electrons. The third-order valence-corrected chi connectivity index (χ3v) is 3.60. The molecule has 0 aromatic carbocycles. The van der Waals surface area contributed by atoms with E-state index in [4.69, 9.17) is 14.6 Å². The van der Waals surface area contributed by atoms with E-state index >= 15 is 0 Å². The van der Waals surface area contributed by atoms with Gasteiger partial charge in [-0.25, -0.2) is 4.98 Å². The standard InChI is InChI=1S/C15H24N2O3/c18-10-12-19-11-9-17-7-4-14(5-8-17)13-20-15-3-1-2-6-16-15/h1-3,6,14,18H,4-5,7-13H2. The number of aliphatic hydroxyl groups is 1. The van der Waals surface area contributed by atoms with Crippen LogP contribution in [0.25, 0.3) is 0 Å². The predicted octanol–water partition coefficient (Wildman–Crippen LogP) is 1.18. The van der Waals surface area contributed by atoms with Crippen LogP contribution >= 0.6 is 0 Å². The van der Waals surface area contributed by atoms with Crippen LogP contribution in [-0.4, -0.2) is 61.1 Å². The second-order valence-electron chi connectivity index (χ2n) is 5.10. The molecule has 1 aliphatic heterocycles. The first-order valence-electron chi connectivity index (χ1n) is 7.33. The Hall–Kier alpha value is -1.17. The van der Waals surface area contributed by atoms with Crippen LogP contribution in [0.3, 0.4) is 0 Å². The minimum atomic E-state index is 0.104. The number of nitrogens with zero attached hydrogens (tertiary/aromatic N) is 2. The molecule has 1 N–H and O–H groups in total. The lowest BCUT2D eigenvalue weighted by molar-refractivity contribution is 0.0608. The Bertz CT molecular complexity index is 353. The molecule has 1 saturated heterocycles. The van der Waals surface area contributed by atoms with Crippen molar-refractivity contribution >= 4 is 0 Å². The molecule has 0 spiro atoms. The molecule has 1 aromatic heterocycles. The van der Waals surface area contributed by atoms with E-state index < -0.39 is 0 Å². The smallest absolute Gasteiger partial charge is 0.213 e. The van der Waals surface area contributed by atoms with Gasteiger partial charge in [-0.1, -0.05) is 6.07 Å². The third-order valence-electron chi connectivity index (χ3n) is 3.60. The molecular formula is C15H24N2O3. The zero-order valence-electron chi connectivity index (χ0n) is 11.9. The maximum absolute atomic E-state index is 8.63. The summed E-state index contributed by atoms with van der Waals surface area (Å²) in [6, 6.07) is 5.73. The number of piperidine rings is 1. The molecule has 5 heteroatoms. The zero-order chi connectivity index (χ0) is 14.0. The number of rotatable bonds is 8. The molecule has 0 unspecified atom stereocenters. The first kappa shape index (κ1) is 15.2. The molecule has 0 atom stereocenters. The van der Waals surface area contributed by atoms with Crippen LogP contribution in [0.15, 0.2) is 24.4 Å². The highest BCUT2D eigenvalue weighted by molar-refractivity contribution is 5.09. The van der Waals surface area contributed by atoms with E-state index in [1.54, 1.807) is 6.20 Å². The number of pyridine rings is 1. The quantitative estimate of drug-likeness (QED) is 0.725. The lowest BCUT2D eigenvalue weighted by Crippen LogP contribution is -2.37. The number of aromatic nitrogens is 1. The third kappa shape index (κ3) is 5.45. The summed E-state index contributed by atoms with van der Waals surface area (Å²) in [5.41, 5.74) is 0. The normalized spacial score (nSPS) is 17.2. The van der Waals surface area contributed by atoms with E-state index in [9.17, 15) is 0 Å². The van der Waals surface area contributed by atoms with Crippen molar-refractivity contribution in [2.75, 3.05) is 46.1 Å². The number of aliphatic hydroxyl groups excluding tert-OH is 1. The van der Waals surface area contributed by atoms with Gasteiger partial charge in [-0.05, 0) is 37.9 Å². The van der Waals surface area contributed by atoms with Crippen LogP contribution in [0.2, 0.25) is 0 Å².